The van der Waals surface area contributed by atoms with Crippen LogP contribution in [0.3, 0.4) is 0 Å². The molecule has 1 aliphatic heterocycles. The first-order chi connectivity index (χ1) is 7.29. The van der Waals surface area contributed by atoms with E-state index in [1.165, 1.54) is 12.0 Å². The monoisotopic (exact) mass is 225 g/mol. The summed E-state index contributed by atoms with van der Waals surface area (Å²) < 4.78 is 4.72. The predicted octanol–water partition coefficient (Wildman–Crippen LogP) is 1.44. The Labute approximate surface area is 93.4 Å². The maximum atomic E-state index is 11.3. The third-order valence-electron chi connectivity index (χ3n) is 2.78. The van der Waals surface area contributed by atoms with Crippen LogP contribution in [-0.2, 0) is 16.0 Å². The zero-order valence-corrected chi connectivity index (χ0v) is 9.55. The maximum absolute atomic E-state index is 11.3. The zero-order chi connectivity index (χ0) is 10.7. The lowest BCUT2D eigenvalue weighted by molar-refractivity contribution is -0.142. The second-order valence-corrected chi connectivity index (χ2v) is 4.90. The van der Waals surface area contributed by atoms with Gasteiger partial charge in [0.1, 0.15) is 6.04 Å². The van der Waals surface area contributed by atoms with E-state index >= 15 is 0 Å². The first-order valence-electron chi connectivity index (χ1n) is 5.13. The Morgan fingerprint density at radius 2 is 2.60 bits per heavy atom. The molecular weight excluding hydrogens is 210 g/mol. The van der Waals surface area contributed by atoms with Gasteiger partial charge in [0.2, 0.25) is 0 Å². The number of rotatable bonds is 3. The fourth-order valence-corrected chi connectivity index (χ4v) is 2.82. The molecule has 3 nitrogen and oxygen atoms in total. The molecule has 2 atom stereocenters. The standard InChI is InChI=1S/C11H15NO2S/c1-14-11(13)10-6-8(7-12-10)5-9-3-2-4-15-9/h2-4,8,10,12H,5-7H2,1H3. The summed E-state index contributed by atoms with van der Waals surface area (Å²) in [6.07, 6.45) is 1.96. The number of hydrogen-bond acceptors (Lipinski definition) is 4. The average molecular weight is 225 g/mol. The number of esters is 1. The van der Waals surface area contributed by atoms with E-state index in [2.05, 4.69) is 22.8 Å². The van der Waals surface area contributed by atoms with E-state index in [1.54, 1.807) is 11.3 Å². The van der Waals surface area contributed by atoms with E-state index in [4.69, 9.17) is 4.74 Å². The molecule has 4 heteroatoms. The van der Waals surface area contributed by atoms with Crippen LogP contribution in [0.1, 0.15) is 11.3 Å². The van der Waals surface area contributed by atoms with Gasteiger partial charge in [0, 0.05) is 4.88 Å². The first kappa shape index (κ1) is 10.6. The van der Waals surface area contributed by atoms with Gasteiger partial charge in [0.25, 0.3) is 0 Å². The van der Waals surface area contributed by atoms with Crippen LogP contribution in [0.5, 0.6) is 0 Å². The van der Waals surface area contributed by atoms with Crippen LogP contribution in [-0.4, -0.2) is 25.7 Å². The molecule has 0 radical (unpaired) electrons. The molecule has 0 amide bonds. The number of nitrogens with one attached hydrogen (secondary N) is 1. The fraction of sp³-hybridized carbons (Fsp3) is 0.545. The van der Waals surface area contributed by atoms with Crippen LogP contribution >= 0.6 is 11.3 Å². The lowest BCUT2D eigenvalue weighted by Gasteiger charge is -2.07. The van der Waals surface area contributed by atoms with Gasteiger partial charge in [-0.3, -0.25) is 4.79 Å². The number of methoxy groups -OCH3 is 1. The summed E-state index contributed by atoms with van der Waals surface area (Å²) in [6.45, 7) is 0.914. The van der Waals surface area contributed by atoms with Crippen molar-refractivity contribution in [3.8, 4) is 0 Å². The normalized spacial score (nSPS) is 25.4. The third-order valence-corrected chi connectivity index (χ3v) is 3.68. The minimum absolute atomic E-state index is 0.0973. The summed E-state index contributed by atoms with van der Waals surface area (Å²) in [6, 6.07) is 4.12. The van der Waals surface area contributed by atoms with Crippen LogP contribution in [0, 0.1) is 5.92 Å². The van der Waals surface area contributed by atoms with Crippen LogP contribution in [0.15, 0.2) is 17.5 Å². The highest BCUT2D eigenvalue weighted by atomic mass is 32.1. The van der Waals surface area contributed by atoms with Crippen LogP contribution in [0.25, 0.3) is 0 Å². The molecule has 0 spiro atoms. The lowest BCUT2D eigenvalue weighted by atomic mass is 10.0. The molecule has 1 fully saturated rings. The highest BCUT2D eigenvalue weighted by Gasteiger charge is 2.29. The number of thiophene rings is 1. The smallest absolute Gasteiger partial charge is 0.322 e. The molecule has 2 unspecified atom stereocenters. The van der Waals surface area contributed by atoms with Gasteiger partial charge in [-0.1, -0.05) is 6.07 Å². The van der Waals surface area contributed by atoms with Crippen LogP contribution < -0.4 is 5.32 Å². The van der Waals surface area contributed by atoms with Crippen molar-refractivity contribution in [2.24, 2.45) is 5.92 Å². The molecule has 1 saturated heterocycles. The molecule has 0 bridgehead atoms. The molecule has 0 aromatic carbocycles. The summed E-state index contributed by atoms with van der Waals surface area (Å²) in [7, 11) is 1.44. The summed E-state index contributed by atoms with van der Waals surface area (Å²) in [5.74, 6) is 0.427. The van der Waals surface area contributed by atoms with E-state index in [9.17, 15) is 4.79 Å². The molecule has 2 heterocycles. The van der Waals surface area contributed by atoms with Crippen molar-refractivity contribution in [3.63, 3.8) is 0 Å². The summed E-state index contributed by atoms with van der Waals surface area (Å²) in [4.78, 5) is 12.7. The molecule has 1 aromatic heterocycles. The summed E-state index contributed by atoms with van der Waals surface area (Å²) in [5.41, 5.74) is 0. The van der Waals surface area contributed by atoms with Crippen molar-refractivity contribution in [2.45, 2.75) is 18.9 Å². The van der Waals surface area contributed by atoms with Crippen molar-refractivity contribution in [1.82, 2.24) is 5.32 Å². The molecule has 0 aliphatic carbocycles. The predicted molar refractivity (Wildman–Crippen MR) is 59.9 cm³/mol. The fourth-order valence-electron chi connectivity index (χ4n) is 2.00. The van der Waals surface area contributed by atoms with Crippen molar-refractivity contribution in [2.75, 3.05) is 13.7 Å². The highest BCUT2D eigenvalue weighted by molar-refractivity contribution is 7.09. The Bertz CT molecular complexity index is 323. The second kappa shape index (κ2) is 4.77. The van der Waals surface area contributed by atoms with Gasteiger partial charge < -0.3 is 10.1 Å². The van der Waals surface area contributed by atoms with E-state index in [-0.39, 0.29) is 12.0 Å². The zero-order valence-electron chi connectivity index (χ0n) is 8.73. The molecular formula is C11H15NO2S. The third kappa shape index (κ3) is 2.58. The lowest BCUT2D eigenvalue weighted by Crippen LogP contribution is -2.31. The van der Waals surface area contributed by atoms with E-state index < -0.39 is 0 Å². The SMILES string of the molecule is COC(=O)C1CC(Cc2cccs2)CN1. The van der Waals surface area contributed by atoms with Gasteiger partial charge in [0.05, 0.1) is 7.11 Å². The van der Waals surface area contributed by atoms with Gasteiger partial charge in [0.15, 0.2) is 0 Å². The number of hydrogen-bond donors (Lipinski definition) is 1. The Balaban J connectivity index is 1.85. The van der Waals surface area contributed by atoms with Gasteiger partial charge in [-0.05, 0) is 36.8 Å². The largest absolute Gasteiger partial charge is 0.468 e. The topological polar surface area (TPSA) is 38.3 Å². The molecule has 15 heavy (non-hydrogen) atoms. The quantitative estimate of drug-likeness (QED) is 0.791. The second-order valence-electron chi connectivity index (χ2n) is 3.87. The first-order valence-corrected chi connectivity index (χ1v) is 6.01. The van der Waals surface area contributed by atoms with E-state index in [1.807, 2.05) is 0 Å². The summed E-state index contributed by atoms with van der Waals surface area (Å²) in [5, 5.41) is 5.29. The van der Waals surface area contributed by atoms with Crippen molar-refractivity contribution in [3.05, 3.63) is 22.4 Å². The minimum Gasteiger partial charge on any atom is -0.468 e. The number of carbonyl (C=O) groups excluding carboxylic acids is 1. The van der Waals surface area contributed by atoms with Gasteiger partial charge >= 0.3 is 5.97 Å². The average Bonchev–Trinajstić information content (AvgIpc) is 2.88. The van der Waals surface area contributed by atoms with Crippen molar-refractivity contribution >= 4 is 17.3 Å². The molecule has 0 saturated carbocycles. The van der Waals surface area contributed by atoms with Crippen LogP contribution in [0.4, 0.5) is 0 Å². The molecule has 1 aromatic rings. The molecule has 1 aliphatic rings. The Morgan fingerprint density at radius 1 is 1.73 bits per heavy atom. The van der Waals surface area contributed by atoms with E-state index in [0.717, 1.165) is 19.4 Å². The van der Waals surface area contributed by atoms with E-state index in [0.29, 0.717) is 5.92 Å². The van der Waals surface area contributed by atoms with Crippen molar-refractivity contribution < 1.29 is 9.53 Å². The summed E-state index contributed by atoms with van der Waals surface area (Å²) >= 11 is 1.78. The highest BCUT2D eigenvalue weighted by Crippen LogP contribution is 2.22. The Hall–Kier alpha value is -0.870. The van der Waals surface area contributed by atoms with Gasteiger partial charge in [-0.25, -0.2) is 0 Å². The molecule has 2 rings (SSSR count). The Morgan fingerprint density at radius 3 is 3.27 bits per heavy atom. The molecule has 82 valence electrons. The number of ether oxygens (including phenoxy) is 1. The number of carbonyl (C=O) groups is 1. The maximum Gasteiger partial charge on any atom is 0.322 e. The van der Waals surface area contributed by atoms with Crippen molar-refractivity contribution in [1.29, 1.82) is 0 Å². The van der Waals surface area contributed by atoms with Crippen LogP contribution in [0.2, 0.25) is 0 Å². The minimum atomic E-state index is -0.135. The van der Waals surface area contributed by atoms with Gasteiger partial charge in [-0.15, -0.1) is 11.3 Å². The van der Waals surface area contributed by atoms with Gasteiger partial charge in [-0.2, -0.15) is 0 Å². The Kier molecular flexibility index (Phi) is 3.38. The molecule has 1 N–H and O–H groups in total.